The fourth-order valence-electron chi connectivity index (χ4n) is 7.39. The highest BCUT2D eigenvalue weighted by Crippen LogP contribution is 2.36. The van der Waals surface area contributed by atoms with E-state index >= 15 is 0 Å². The van der Waals surface area contributed by atoms with Gasteiger partial charge in [-0.25, -0.2) is 4.57 Å². The van der Waals surface area contributed by atoms with Crippen molar-refractivity contribution in [2.24, 2.45) is 0 Å². The van der Waals surface area contributed by atoms with Crippen molar-refractivity contribution in [3.8, 4) is 0 Å². The number of rotatable bonds is 46. The van der Waals surface area contributed by atoms with Gasteiger partial charge in [-0.1, -0.05) is 245 Å². The van der Waals surface area contributed by atoms with Crippen LogP contribution in [0.1, 0.15) is 264 Å². The van der Waals surface area contributed by atoms with E-state index in [-0.39, 0.29) is 19.2 Å². The molecule has 0 unspecified atom stereocenters. The number of phosphoric ester groups is 1. The Labute approximate surface area is 336 Å². The lowest BCUT2D eigenvalue weighted by molar-refractivity contribution is -0.154. The minimum atomic E-state index is -4.65. The summed E-state index contributed by atoms with van der Waals surface area (Å²) in [5.74, 6) is -0.354. The second-order valence-electron chi connectivity index (χ2n) is 16.5. The fourth-order valence-corrected chi connectivity index (χ4v) is 7.75. The van der Waals surface area contributed by atoms with Gasteiger partial charge in [0.05, 0.1) is 13.2 Å². The molecule has 7 nitrogen and oxygen atoms in total. The van der Waals surface area contributed by atoms with Crippen LogP contribution < -0.4 is 0 Å². The molecule has 0 spiro atoms. The van der Waals surface area contributed by atoms with E-state index in [1.807, 2.05) is 0 Å². The zero-order chi connectivity index (χ0) is 39.5. The van der Waals surface area contributed by atoms with Crippen molar-refractivity contribution in [2.45, 2.75) is 270 Å². The molecule has 0 bridgehead atoms. The summed E-state index contributed by atoms with van der Waals surface area (Å²) in [7, 11) is -4.65. The lowest BCUT2D eigenvalue weighted by Crippen LogP contribution is -2.28. The van der Waals surface area contributed by atoms with Crippen LogP contribution in [0.25, 0.3) is 0 Å². The van der Waals surface area contributed by atoms with Gasteiger partial charge in [0.25, 0.3) is 0 Å². The van der Waals surface area contributed by atoms with Crippen LogP contribution in [-0.2, 0) is 23.4 Å². The molecule has 0 fully saturated rings. The summed E-state index contributed by atoms with van der Waals surface area (Å²) in [5, 5.41) is 0. The lowest BCUT2D eigenvalue weighted by atomic mass is 10.0. The van der Waals surface area contributed by atoms with Crippen molar-refractivity contribution in [2.75, 3.05) is 19.8 Å². The molecule has 0 aromatic rings. The van der Waals surface area contributed by atoms with Crippen LogP contribution in [0, 0.1) is 0 Å². The first-order valence-corrected chi connectivity index (χ1v) is 25.4. The van der Waals surface area contributed by atoms with Crippen molar-refractivity contribution in [3.63, 3.8) is 0 Å². The minimum absolute atomic E-state index is 0.0866. The smallest absolute Gasteiger partial charge is 0.457 e. The Balaban J connectivity index is 3.61. The molecular weight excluding hydrogens is 695 g/mol. The molecule has 0 saturated heterocycles. The van der Waals surface area contributed by atoms with Crippen LogP contribution in [0.3, 0.4) is 0 Å². The third-order valence-electron chi connectivity index (χ3n) is 10.9. The van der Waals surface area contributed by atoms with Gasteiger partial charge in [-0.15, -0.1) is 0 Å². The molecule has 0 aromatic carbocycles. The van der Waals surface area contributed by atoms with Gasteiger partial charge in [-0.2, -0.15) is 0 Å². The van der Waals surface area contributed by atoms with E-state index in [1.54, 1.807) is 0 Å². The molecule has 0 aliphatic rings. The molecule has 0 aromatic heterocycles. The Morgan fingerprint density at radius 1 is 0.426 bits per heavy atom. The molecule has 0 rings (SSSR count). The number of carbonyl (C=O) groups excluding carboxylic acids is 1. The molecule has 324 valence electrons. The largest absolute Gasteiger partial charge is 0.469 e. The van der Waals surface area contributed by atoms with Crippen LogP contribution in [0.15, 0.2) is 0 Å². The maximum Gasteiger partial charge on any atom is 0.469 e. The van der Waals surface area contributed by atoms with Crippen LogP contribution >= 0.6 is 7.82 Å². The summed E-state index contributed by atoms with van der Waals surface area (Å²) in [4.78, 5) is 30.7. The summed E-state index contributed by atoms with van der Waals surface area (Å²) in [6, 6.07) is 0. The van der Waals surface area contributed by atoms with Crippen molar-refractivity contribution < 1.29 is 33.1 Å². The van der Waals surface area contributed by atoms with Gasteiger partial charge < -0.3 is 19.3 Å². The second kappa shape index (κ2) is 43.7. The number of hydrogen-bond acceptors (Lipinski definition) is 5. The van der Waals surface area contributed by atoms with E-state index in [9.17, 15) is 9.36 Å². The number of hydrogen-bond donors (Lipinski definition) is 2. The topological polar surface area (TPSA) is 102 Å². The Kier molecular flexibility index (Phi) is 43.3. The molecule has 0 amide bonds. The molecule has 0 radical (unpaired) electrons. The van der Waals surface area contributed by atoms with Crippen LogP contribution in [-0.4, -0.2) is 41.7 Å². The molecule has 0 aliphatic heterocycles. The predicted molar refractivity (Wildman–Crippen MR) is 230 cm³/mol. The van der Waals surface area contributed by atoms with Crippen molar-refractivity contribution >= 4 is 13.8 Å². The first-order valence-electron chi connectivity index (χ1n) is 23.9. The van der Waals surface area contributed by atoms with Gasteiger partial charge >= 0.3 is 13.8 Å². The van der Waals surface area contributed by atoms with E-state index in [0.29, 0.717) is 13.0 Å². The Morgan fingerprint density at radius 2 is 0.704 bits per heavy atom. The van der Waals surface area contributed by atoms with Gasteiger partial charge in [0.1, 0.15) is 6.10 Å². The fraction of sp³-hybridized carbons (Fsp3) is 0.978. The zero-order valence-electron chi connectivity index (χ0n) is 36.2. The van der Waals surface area contributed by atoms with Gasteiger partial charge in [-0.3, -0.25) is 9.32 Å². The molecule has 2 N–H and O–H groups in total. The standard InChI is InChI=1S/C46H93O7P/c1-3-5-7-9-11-13-15-17-18-19-20-21-22-23-24-25-26-27-28-29-30-31-33-35-37-39-41-46(47)53-45(44-52-54(48,49)50)43-51-42-40-38-36-34-32-16-14-12-10-8-6-4-2/h45H,3-44H2,1-2H3,(H2,48,49,50)/t45-/m1/s1. The predicted octanol–water partition coefficient (Wildman–Crippen LogP) is 15.3. The summed E-state index contributed by atoms with van der Waals surface area (Å²) >= 11 is 0. The second-order valence-corrected chi connectivity index (χ2v) is 17.7. The molecule has 8 heteroatoms. The first kappa shape index (κ1) is 53.5. The Morgan fingerprint density at radius 3 is 1.00 bits per heavy atom. The van der Waals surface area contributed by atoms with Gasteiger partial charge in [0.15, 0.2) is 0 Å². The van der Waals surface area contributed by atoms with Crippen LogP contribution in [0.5, 0.6) is 0 Å². The normalized spacial score (nSPS) is 12.4. The molecule has 0 aliphatic carbocycles. The van der Waals surface area contributed by atoms with E-state index in [0.717, 1.165) is 32.1 Å². The summed E-state index contributed by atoms with van der Waals surface area (Å²) < 4.78 is 27.0. The molecule has 0 saturated carbocycles. The summed E-state index contributed by atoms with van der Waals surface area (Å²) in [6.45, 7) is 4.81. The molecular formula is C46H93O7P. The zero-order valence-corrected chi connectivity index (χ0v) is 37.1. The van der Waals surface area contributed by atoms with Gasteiger partial charge in [0.2, 0.25) is 0 Å². The highest BCUT2D eigenvalue weighted by molar-refractivity contribution is 7.46. The lowest BCUT2D eigenvalue weighted by Gasteiger charge is -2.18. The average molecular weight is 789 g/mol. The van der Waals surface area contributed by atoms with Gasteiger partial charge in [0, 0.05) is 13.0 Å². The summed E-state index contributed by atoms with van der Waals surface area (Å²) in [5.41, 5.74) is 0. The Hall–Kier alpha value is -0.460. The van der Waals surface area contributed by atoms with Crippen molar-refractivity contribution in [3.05, 3.63) is 0 Å². The van der Waals surface area contributed by atoms with Crippen LogP contribution in [0.4, 0.5) is 0 Å². The monoisotopic (exact) mass is 789 g/mol. The molecule has 0 heterocycles. The van der Waals surface area contributed by atoms with E-state index in [2.05, 4.69) is 18.4 Å². The number of ether oxygens (including phenoxy) is 2. The number of esters is 1. The molecule has 54 heavy (non-hydrogen) atoms. The van der Waals surface area contributed by atoms with Crippen molar-refractivity contribution in [1.29, 1.82) is 0 Å². The maximum atomic E-state index is 12.4. The number of unbranched alkanes of at least 4 members (excludes halogenated alkanes) is 36. The van der Waals surface area contributed by atoms with Gasteiger partial charge in [-0.05, 0) is 12.8 Å². The van der Waals surface area contributed by atoms with E-state index in [4.69, 9.17) is 19.3 Å². The minimum Gasteiger partial charge on any atom is -0.457 e. The number of carbonyl (C=O) groups is 1. The average Bonchev–Trinajstić information content (AvgIpc) is 3.15. The quantitative estimate of drug-likeness (QED) is 0.0360. The van der Waals surface area contributed by atoms with E-state index < -0.39 is 13.9 Å². The molecule has 1 atom stereocenters. The highest BCUT2D eigenvalue weighted by Gasteiger charge is 2.21. The highest BCUT2D eigenvalue weighted by atomic mass is 31.2. The third kappa shape index (κ3) is 45.9. The summed E-state index contributed by atoms with van der Waals surface area (Å²) in [6.07, 6.45) is 49.8. The number of phosphoric acid groups is 1. The maximum absolute atomic E-state index is 12.4. The first-order chi connectivity index (χ1) is 26.4. The van der Waals surface area contributed by atoms with Crippen LogP contribution in [0.2, 0.25) is 0 Å². The Bertz CT molecular complexity index is 789. The SMILES string of the molecule is CCCCCCCCCCCCCCCCCCCCCCCCCCCCC(=O)O[C@H](COCCCCCCCCCCCCCC)COP(=O)(O)O. The van der Waals surface area contributed by atoms with Crippen molar-refractivity contribution in [1.82, 2.24) is 0 Å². The van der Waals surface area contributed by atoms with E-state index in [1.165, 1.54) is 212 Å². The third-order valence-corrected chi connectivity index (χ3v) is 11.4.